The third-order valence-electron chi connectivity index (χ3n) is 4.66. The summed E-state index contributed by atoms with van der Waals surface area (Å²) in [6.07, 6.45) is 5.72. The Bertz CT molecular complexity index is 1000. The molecule has 2 heterocycles. The van der Waals surface area contributed by atoms with Crippen LogP contribution in [-0.4, -0.2) is 25.5 Å². The summed E-state index contributed by atoms with van der Waals surface area (Å²) in [5.41, 5.74) is 3.50. The summed E-state index contributed by atoms with van der Waals surface area (Å²) in [5.74, 6) is 0.380. The van der Waals surface area contributed by atoms with Gasteiger partial charge in [0.2, 0.25) is 5.95 Å². The lowest BCUT2D eigenvalue weighted by Crippen LogP contribution is -2.22. The third kappa shape index (κ3) is 3.03. The highest BCUT2D eigenvalue weighted by Crippen LogP contribution is 2.27. The fourth-order valence-corrected chi connectivity index (χ4v) is 3.39. The Morgan fingerprint density at radius 1 is 1.28 bits per heavy atom. The van der Waals surface area contributed by atoms with E-state index in [0.717, 1.165) is 19.3 Å². The second kappa shape index (κ2) is 6.12. The SMILES string of the molecule is Cc1cc(=O)[nH]c(-n2cc(C(=O)C3CCc4ccccc4C3)cn2)n1. The van der Waals surface area contributed by atoms with Gasteiger partial charge in [-0.3, -0.25) is 14.6 Å². The Balaban J connectivity index is 1.58. The summed E-state index contributed by atoms with van der Waals surface area (Å²) in [7, 11) is 0. The molecule has 0 bridgehead atoms. The molecule has 1 N–H and O–H groups in total. The second-order valence-corrected chi connectivity index (χ2v) is 6.46. The van der Waals surface area contributed by atoms with Crippen molar-refractivity contribution in [2.45, 2.75) is 26.2 Å². The number of ketones is 1. The first-order valence-electron chi connectivity index (χ1n) is 8.34. The number of nitrogens with zero attached hydrogens (tertiary/aromatic N) is 3. The fourth-order valence-electron chi connectivity index (χ4n) is 3.39. The van der Waals surface area contributed by atoms with Crippen molar-refractivity contribution in [3.05, 3.63) is 75.5 Å². The number of aryl methyl sites for hydroxylation is 2. The predicted molar refractivity (Wildman–Crippen MR) is 93.0 cm³/mol. The molecule has 0 radical (unpaired) electrons. The summed E-state index contributed by atoms with van der Waals surface area (Å²) in [6.45, 7) is 1.74. The van der Waals surface area contributed by atoms with E-state index in [9.17, 15) is 9.59 Å². The Kier molecular flexibility index (Phi) is 3.80. The van der Waals surface area contributed by atoms with Gasteiger partial charge in [-0.15, -0.1) is 0 Å². The van der Waals surface area contributed by atoms with Crippen molar-refractivity contribution in [3.63, 3.8) is 0 Å². The van der Waals surface area contributed by atoms with Crippen molar-refractivity contribution in [3.8, 4) is 5.95 Å². The van der Waals surface area contributed by atoms with Crippen LogP contribution in [0.5, 0.6) is 0 Å². The van der Waals surface area contributed by atoms with E-state index in [1.807, 2.05) is 12.1 Å². The molecule has 1 aromatic carbocycles. The maximum absolute atomic E-state index is 12.8. The van der Waals surface area contributed by atoms with Gasteiger partial charge in [0.25, 0.3) is 5.56 Å². The van der Waals surface area contributed by atoms with E-state index in [2.05, 4.69) is 27.2 Å². The van der Waals surface area contributed by atoms with Gasteiger partial charge < -0.3 is 0 Å². The number of Topliss-reactive ketones (excluding diaryl/α,β-unsaturated/α-hetero) is 1. The first-order chi connectivity index (χ1) is 12.1. The molecule has 6 heteroatoms. The Labute approximate surface area is 144 Å². The standard InChI is InChI=1S/C19H18N4O2/c1-12-8-17(24)22-19(21-12)23-11-16(10-20-23)18(25)15-7-6-13-4-2-3-5-14(13)9-15/h2-5,8,10-11,15H,6-7,9H2,1H3,(H,21,22,24). The molecular weight excluding hydrogens is 316 g/mol. The Morgan fingerprint density at radius 3 is 2.88 bits per heavy atom. The van der Waals surface area contributed by atoms with E-state index >= 15 is 0 Å². The highest BCUT2D eigenvalue weighted by Gasteiger charge is 2.26. The van der Waals surface area contributed by atoms with Crippen molar-refractivity contribution in [1.82, 2.24) is 19.7 Å². The molecule has 25 heavy (non-hydrogen) atoms. The quantitative estimate of drug-likeness (QED) is 0.745. The normalized spacial score (nSPS) is 16.4. The molecule has 0 aliphatic heterocycles. The van der Waals surface area contributed by atoms with Crippen LogP contribution in [0.25, 0.3) is 5.95 Å². The number of carbonyl (C=O) groups excluding carboxylic acids is 1. The molecule has 1 atom stereocenters. The molecule has 0 spiro atoms. The summed E-state index contributed by atoms with van der Waals surface area (Å²) >= 11 is 0. The molecule has 1 aliphatic carbocycles. The van der Waals surface area contributed by atoms with Crippen molar-refractivity contribution in [1.29, 1.82) is 0 Å². The van der Waals surface area contributed by atoms with Crippen LogP contribution in [0.15, 0.2) is 47.5 Å². The number of benzene rings is 1. The number of fused-ring (bicyclic) bond motifs is 1. The summed E-state index contributed by atoms with van der Waals surface area (Å²) < 4.78 is 1.44. The lowest BCUT2D eigenvalue weighted by Gasteiger charge is -2.23. The van der Waals surface area contributed by atoms with Crippen LogP contribution in [-0.2, 0) is 12.8 Å². The molecule has 0 fully saturated rings. The number of aromatic amines is 1. The molecule has 0 amide bonds. The van der Waals surface area contributed by atoms with Crippen molar-refractivity contribution >= 4 is 5.78 Å². The van der Waals surface area contributed by atoms with Gasteiger partial charge >= 0.3 is 0 Å². The first kappa shape index (κ1) is 15.5. The lowest BCUT2D eigenvalue weighted by atomic mass is 9.80. The molecule has 0 saturated heterocycles. The largest absolute Gasteiger partial charge is 0.294 e. The third-order valence-corrected chi connectivity index (χ3v) is 4.66. The smallest absolute Gasteiger partial charge is 0.252 e. The van der Waals surface area contributed by atoms with E-state index < -0.39 is 0 Å². The molecule has 1 aliphatic rings. The van der Waals surface area contributed by atoms with E-state index in [1.54, 1.807) is 19.3 Å². The minimum absolute atomic E-state index is 0.0305. The van der Waals surface area contributed by atoms with Crippen molar-refractivity contribution in [2.75, 3.05) is 0 Å². The van der Waals surface area contributed by atoms with E-state index in [4.69, 9.17) is 0 Å². The fraction of sp³-hybridized carbons (Fsp3) is 0.263. The van der Waals surface area contributed by atoms with Crippen LogP contribution in [0.2, 0.25) is 0 Å². The van der Waals surface area contributed by atoms with Gasteiger partial charge in [0.15, 0.2) is 5.78 Å². The monoisotopic (exact) mass is 334 g/mol. The number of hydrogen-bond donors (Lipinski definition) is 1. The zero-order chi connectivity index (χ0) is 17.4. The topological polar surface area (TPSA) is 80.6 Å². The van der Waals surface area contributed by atoms with E-state index in [0.29, 0.717) is 17.2 Å². The molecule has 3 aromatic rings. The summed E-state index contributed by atoms with van der Waals surface area (Å²) in [5, 5.41) is 4.19. The van der Waals surface area contributed by atoms with Crippen LogP contribution in [0.1, 0.15) is 33.6 Å². The average molecular weight is 334 g/mol. The van der Waals surface area contributed by atoms with Crippen LogP contribution in [0.3, 0.4) is 0 Å². The van der Waals surface area contributed by atoms with E-state index in [1.165, 1.54) is 21.9 Å². The van der Waals surface area contributed by atoms with E-state index in [-0.39, 0.29) is 17.3 Å². The Hall–Kier alpha value is -3.02. The van der Waals surface area contributed by atoms with Gasteiger partial charge in [-0.2, -0.15) is 5.10 Å². The number of rotatable bonds is 3. The molecule has 4 rings (SSSR count). The van der Waals surface area contributed by atoms with Crippen LogP contribution in [0.4, 0.5) is 0 Å². The van der Waals surface area contributed by atoms with Gasteiger partial charge in [0, 0.05) is 23.9 Å². The van der Waals surface area contributed by atoms with Gasteiger partial charge in [-0.1, -0.05) is 24.3 Å². The molecule has 1 unspecified atom stereocenters. The van der Waals surface area contributed by atoms with Gasteiger partial charge in [0.05, 0.1) is 11.8 Å². The second-order valence-electron chi connectivity index (χ2n) is 6.46. The van der Waals surface area contributed by atoms with Crippen molar-refractivity contribution < 1.29 is 4.79 Å². The number of carbonyl (C=O) groups is 1. The zero-order valence-corrected chi connectivity index (χ0v) is 13.9. The molecular formula is C19H18N4O2. The Morgan fingerprint density at radius 2 is 2.08 bits per heavy atom. The predicted octanol–water partition coefficient (Wildman–Crippen LogP) is 2.25. The van der Waals surface area contributed by atoms with Gasteiger partial charge in [-0.25, -0.2) is 9.67 Å². The van der Waals surface area contributed by atoms with Gasteiger partial charge in [-0.05, 0) is 37.3 Å². The van der Waals surface area contributed by atoms with Crippen molar-refractivity contribution in [2.24, 2.45) is 5.92 Å². The van der Waals surface area contributed by atoms with Crippen LogP contribution in [0, 0.1) is 12.8 Å². The maximum atomic E-state index is 12.8. The van der Waals surface area contributed by atoms with Crippen LogP contribution < -0.4 is 5.56 Å². The molecule has 2 aromatic heterocycles. The number of aromatic nitrogens is 4. The number of nitrogens with one attached hydrogen (secondary N) is 1. The highest BCUT2D eigenvalue weighted by atomic mass is 16.1. The molecule has 0 saturated carbocycles. The minimum atomic E-state index is -0.241. The molecule has 126 valence electrons. The first-order valence-corrected chi connectivity index (χ1v) is 8.34. The summed E-state index contributed by atoms with van der Waals surface area (Å²) in [4.78, 5) is 31.3. The number of hydrogen-bond acceptors (Lipinski definition) is 4. The summed E-state index contributed by atoms with van der Waals surface area (Å²) in [6, 6.07) is 9.70. The number of H-pyrrole nitrogens is 1. The average Bonchev–Trinajstić information content (AvgIpc) is 3.10. The van der Waals surface area contributed by atoms with Gasteiger partial charge in [0.1, 0.15) is 0 Å². The molecule has 6 nitrogen and oxygen atoms in total. The highest BCUT2D eigenvalue weighted by molar-refractivity contribution is 5.97. The maximum Gasteiger partial charge on any atom is 0.252 e. The minimum Gasteiger partial charge on any atom is -0.294 e. The van der Waals surface area contributed by atoms with Crippen LogP contribution >= 0.6 is 0 Å². The lowest BCUT2D eigenvalue weighted by molar-refractivity contribution is 0.0908. The zero-order valence-electron chi connectivity index (χ0n) is 13.9.